The third kappa shape index (κ3) is 6.76. The van der Waals surface area contributed by atoms with Gasteiger partial charge >= 0.3 is 0 Å². The van der Waals surface area contributed by atoms with Crippen molar-refractivity contribution in [1.29, 1.82) is 0 Å². The fraction of sp³-hybridized carbons (Fsp3) is 0.818. The SMILES string of the molecule is CCCC/C=C(\F)C(O)CCCC. The van der Waals surface area contributed by atoms with Crippen LogP contribution in [-0.2, 0) is 0 Å². The Morgan fingerprint density at radius 1 is 1.31 bits per heavy atom. The monoisotopic (exact) mass is 188 g/mol. The van der Waals surface area contributed by atoms with Gasteiger partial charge in [-0.05, 0) is 19.3 Å². The van der Waals surface area contributed by atoms with E-state index in [0.29, 0.717) is 6.42 Å². The second-order valence-corrected chi connectivity index (χ2v) is 3.39. The molecule has 2 heteroatoms. The molecule has 0 saturated carbocycles. The molecule has 0 aromatic heterocycles. The van der Waals surface area contributed by atoms with Gasteiger partial charge in [0, 0.05) is 0 Å². The Bertz CT molecular complexity index is 143. The molecule has 1 atom stereocenters. The van der Waals surface area contributed by atoms with Crippen LogP contribution < -0.4 is 0 Å². The predicted molar refractivity (Wildman–Crippen MR) is 54.2 cm³/mol. The van der Waals surface area contributed by atoms with Crippen LogP contribution in [0, 0.1) is 0 Å². The predicted octanol–water partition coefficient (Wildman–Crippen LogP) is 3.58. The van der Waals surface area contributed by atoms with Crippen molar-refractivity contribution in [1.82, 2.24) is 0 Å². The second kappa shape index (κ2) is 8.24. The molecular weight excluding hydrogens is 167 g/mol. The van der Waals surface area contributed by atoms with Crippen LogP contribution in [0.4, 0.5) is 4.39 Å². The first-order valence-corrected chi connectivity index (χ1v) is 5.26. The van der Waals surface area contributed by atoms with Gasteiger partial charge in [0.25, 0.3) is 0 Å². The Morgan fingerprint density at radius 3 is 2.46 bits per heavy atom. The molecule has 0 saturated heterocycles. The lowest BCUT2D eigenvalue weighted by Gasteiger charge is -2.06. The first kappa shape index (κ1) is 12.6. The van der Waals surface area contributed by atoms with Crippen LogP contribution in [0.5, 0.6) is 0 Å². The molecule has 0 fully saturated rings. The lowest BCUT2D eigenvalue weighted by atomic mass is 10.1. The molecule has 0 bridgehead atoms. The number of hydrogen-bond donors (Lipinski definition) is 1. The summed E-state index contributed by atoms with van der Waals surface area (Å²) in [4.78, 5) is 0. The number of rotatable bonds is 7. The lowest BCUT2D eigenvalue weighted by molar-refractivity contribution is 0.169. The first-order chi connectivity index (χ1) is 6.22. The highest BCUT2D eigenvalue weighted by molar-refractivity contribution is 4.97. The average molecular weight is 188 g/mol. The van der Waals surface area contributed by atoms with E-state index in [1.807, 2.05) is 6.92 Å². The van der Waals surface area contributed by atoms with Gasteiger partial charge in [-0.1, -0.05) is 39.2 Å². The molecule has 0 radical (unpaired) electrons. The van der Waals surface area contributed by atoms with Gasteiger partial charge in [-0.15, -0.1) is 0 Å². The summed E-state index contributed by atoms with van der Waals surface area (Å²) in [5.74, 6) is -0.345. The molecule has 0 aliphatic carbocycles. The number of unbranched alkanes of at least 4 members (excludes halogenated alkanes) is 3. The van der Waals surface area contributed by atoms with Gasteiger partial charge in [0.15, 0.2) is 0 Å². The molecule has 0 aromatic carbocycles. The Labute approximate surface area is 80.7 Å². The number of aliphatic hydroxyl groups is 1. The van der Waals surface area contributed by atoms with Gasteiger partial charge in [0.05, 0.1) is 0 Å². The summed E-state index contributed by atoms with van der Waals surface area (Å²) in [5, 5.41) is 9.30. The van der Waals surface area contributed by atoms with E-state index in [1.54, 1.807) is 0 Å². The van der Waals surface area contributed by atoms with E-state index >= 15 is 0 Å². The summed E-state index contributed by atoms with van der Waals surface area (Å²) in [7, 11) is 0. The summed E-state index contributed by atoms with van der Waals surface area (Å²) >= 11 is 0. The van der Waals surface area contributed by atoms with E-state index in [4.69, 9.17) is 0 Å². The summed E-state index contributed by atoms with van der Waals surface area (Å²) in [6, 6.07) is 0. The quantitative estimate of drug-likeness (QED) is 0.605. The van der Waals surface area contributed by atoms with Gasteiger partial charge in [-0.3, -0.25) is 0 Å². The Balaban J connectivity index is 3.65. The highest BCUT2D eigenvalue weighted by Gasteiger charge is 2.08. The van der Waals surface area contributed by atoms with Gasteiger partial charge in [-0.2, -0.15) is 0 Å². The van der Waals surface area contributed by atoms with Gasteiger partial charge in [-0.25, -0.2) is 4.39 Å². The number of hydrogen-bond acceptors (Lipinski definition) is 1. The molecule has 0 aliphatic heterocycles. The molecule has 1 N–H and O–H groups in total. The molecule has 13 heavy (non-hydrogen) atoms. The van der Waals surface area contributed by atoms with E-state index < -0.39 is 6.10 Å². The van der Waals surface area contributed by atoms with E-state index in [2.05, 4.69) is 6.92 Å². The van der Waals surface area contributed by atoms with E-state index in [0.717, 1.165) is 32.1 Å². The highest BCUT2D eigenvalue weighted by Crippen LogP contribution is 2.13. The fourth-order valence-electron chi connectivity index (χ4n) is 1.12. The van der Waals surface area contributed by atoms with Crippen molar-refractivity contribution < 1.29 is 9.50 Å². The maximum Gasteiger partial charge on any atom is 0.124 e. The Kier molecular flexibility index (Phi) is 8.00. The van der Waals surface area contributed by atoms with Crippen LogP contribution >= 0.6 is 0 Å². The molecule has 0 rings (SSSR count). The van der Waals surface area contributed by atoms with Crippen molar-refractivity contribution >= 4 is 0 Å². The fourth-order valence-corrected chi connectivity index (χ4v) is 1.12. The Morgan fingerprint density at radius 2 is 1.92 bits per heavy atom. The normalized spacial score (nSPS) is 14.6. The van der Waals surface area contributed by atoms with E-state index in [1.165, 1.54) is 6.08 Å². The zero-order valence-electron chi connectivity index (χ0n) is 8.72. The lowest BCUT2D eigenvalue weighted by Crippen LogP contribution is -2.06. The van der Waals surface area contributed by atoms with Crippen molar-refractivity contribution in [3.63, 3.8) is 0 Å². The summed E-state index contributed by atoms with van der Waals surface area (Å²) in [6.45, 7) is 4.10. The number of halogens is 1. The van der Waals surface area contributed by atoms with Crippen LogP contribution in [0.15, 0.2) is 11.9 Å². The van der Waals surface area contributed by atoms with Gasteiger partial charge < -0.3 is 5.11 Å². The number of allylic oxidation sites excluding steroid dienone is 1. The summed E-state index contributed by atoms with van der Waals surface area (Å²) in [5.41, 5.74) is 0. The minimum absolute atomic E-state index is 0.345. The zero-order chi connectivity index (χ0) is 10.1. The molecular formula is C11H21FO. The highest BCUT2D eigenvalue weighted by atomic mass is 19.1. The zero-order valence-corrected chi connectivity index (χ0v) is 8.72. The van der Waals surface area contributed by atoms with Crippen molar-refractivity contribution in [3.8, 4) is 0 Å². The maximum atomic E-state index is 13.1. The average Bonchev–Trinajstić information content (AvgIpc) is 2.14. The van der Waals surface area contributed by atoms with Crippen molar-refractivity contribution in [2.45, 2.75) is 58.5 Å². The minimum atomic E-state index is -0.864. The van der Waals surface area contributed by atoms with Crippen molar-refractivity contribution in [2.75, 3.05) is 0 Å². The number of aliphatic hydroxyl groups excluding tert-OH is 1. The third-order valence-electron chi connectivity index (χ3n) is 2.05. The van der Waals surface area contributed by atoms with Crippen LogP contribution in [0.1, 0.15) is 52.4 Å². The second-order valence-electron chi connectivity index (χ2n) is 3.39. The van der Waals surface area contributed by atoms with Crippen LogP contribution in [-0.4, -0.2) is 11.2 Å². The molecule has 0 spiro atoms. The molecule has 0 aromatic rings. The molecule has 0 heterocycles. The van der Waals surface area contributed by atoms with Crippen LogP contribution in [0.2, 0.25) is 0 Å². The van der Waals surface area contributed by atoms with E-state index in [9.17, 15) is 9.50 Å². The van der Waals surface area contributed by atoms with Crippen LogP contribution in [0.25, 0.3) is 0 Å². The summed E-state index contributed by atoms with van der Waals surface area (Å²) in [6.07, 6.45) is 5.88. The third-order valence-corrected chi connectivity index (χ3v) is 2.05. The first-order valence-electron chi connectivity index (χ1n) is 5.26. The van der Waals surface area contributed by atoms with Gasteiger partial charge in [0.2, 0.25) is 0 Å². The van der Waals surface area contributed by atoms with Crippen LogP contribution in [0.3, 0.4) is 0 Å². The summed E-state index contributed by atoms with van der Waals surface area (Å²) < 4.78 is 13.1. The topological polar surface area (TPSA) is 20.2 Å². The minimum Gasteiger partial charge on any atom is -0.386 e. The van der Waals surface area contributed by atoms with Crippen molar-refractivity contribution in [2.24, 2.45) is 0 Å². The van der Waals surface area contributed by atoms with Crippen molar-refractivity contribution in [3.05, 3.63) is 11.9 Å². The smallest absolute Gasteiger partial charge is 0.124 e. The standard InChI is InChI=1S/C11H21FO/c1-3-5-7-8-10(12)11(13)9-6-4-2/h8,11,13H,3-7,9H2,1-2H3/b10-8-. The molecule has 0 aliphatic rings. The van der Waals surface area contributed by atoms with Gasteiger partial charge in [0.1, 0.15) is 11.9 Å². The molecule has 0 amide bonds. The maximum absolute atomic E-state index is 13.1. The Hall–Kier alpha value is -0.370. The molecule has 78 valence electrons. The van der Waals surface area contributed by atoms with E-state index in [-0.39, 0.29) is 5.83 Å². The molecule has 1 unspecified atom stereocenters. The molecule has 1 nitrogen and oxygen atoms in total. The largest absolute Gasteiger partial charge is 0.386 e.